The Morgan fingerprint density at radius 3 is 1.67 bits per heavy atom. The van der Waals surface area contributed by atoms with Gasteiger partial charge in [-0.3, -0.25) is 0 Å². The smallest absolute Gasteiger partial charge is 0.164 e. The van der Waals surface area contributed by atoms with Crippen molar-refractivity contribution < 1.29 is 0 Å². The van der Waals surface area contributed by atoms with Gasteiger partial charge in [-0.25, -0.2) is 15.0 Å². The monoisotopic (exact) mass is 704 g/mol. The minimum absolute atomic E-state index is 0.668. The van der Waals surface area contributed by atoms with Crippen molar-refractivity contribution in [2.75, 3.05) is 0 Å². The second kappa shape index (κ2) is 12.8. The first-order chi connectivity index (χ1) is 26.5. The van der Waals surface area contributed by atoms with E-state index in [9.17, 15) is 0 Å². The SMILES string of the molecule is Bc1c(B)c(-c2ccc(-n3c4ccccc4c4c5sc6ccccc6c5ccc43)cc2)c(B)c(-c2nc(-c3ccccc3)nc(-c3ccccc3)n2)c1B. The fraction of sp³-hybridized carbons (Fsp3) is 0. The summed E-state index contributed by atoms with van der Waals surface area (Å²) >= 11 is 1.89. The highest BCUT2D eigenvalue weighted by atomic mass is 32.1. The normalized spacial score (nSPS) is 11.6. The summed E-state index contributed by atoms with van der Waals surface area (Å²) in [7, 11) is 8.87. The van der Waals surface area contributed by atoms with Crippen LogP contribution in [0.2, 0.25) is 0 Å². The number of rotatable bonds is 5. The molecule has 9 heteroatoms. The third-order valence-corrected chi connectivity index (χ3v) is 12.3. The van der Waals surface area contributed by atoms with Crippen molar-refractivity contribution in [1.29, 1.82) is 0 Å². The number of thiophene rings is 1. The molecule has 4 nitrogen and oxygen atoms in total. The lowest BCUT2D eigenvalue weighted by Gasteiger charge is -2.22. The van der Waals surface area contributed by atoms with Gasteiger partial charge in [0.25, 0.3) is 0 Å². The van der Waals surface area contributed by atoms with Crippen molar-refractivity contribution in [3.05, 3.63) is 146 Å². The lowest BCUT2D eigenvalue weighted by Crippen LogP contribution is -2.46. The molecule has 0 amide bonds. The van der Waals surface area contributed by atoms with E-state index in [0.717, 1.165) is 27.8 Å². The van der Waals surface area contributed by atoms with Crippen LogP contribution in [-0.4, -0.2) is 50.9 Å². The molecular weight excluding hydrogens is 672 g/mol. The number of para-hydroxylation sites is 1. The predicted molar refractivity (Wildman–Crippen MR) is 242 cm³/mol. The maximum Gasteiger partial charge on any atom is 0.164 e. The molecule has 0 bridgehead atoms. The van der Waals surface area contributed by atoms with Gasteiger partial charge in [0, 0.05) is 53.3 Å². The van der Waals surface area contributed by atoms with E-state index < -0.39 is 0 Å². The van der Waals surface area contributed by atoms with Crippen LogP contribution in [0.15, 0.2) is 146 Å². The standard InChI is InChI=1S/C45H32B4N4S/c46-38-35(39(47)41(49)40(48)37(38)45-51-43(26-11-3-1-4-12-26)50-44(52-45)27-13-5-2-6-14-27)25-19-21-28(22-20-25)53-32-17-9-7-16-31(32)36-33(53)24-23-30-29-15-8-10-18-34(29)54-42(30)36/h1-24H,46-49H2. The molecule has 0 atom stereocenters. The highest BCUT2D eigenvalue weighted by Crippen LogP contribution is 2.43. The van der Waals surface area contributed by atoms with Crippen LogP contribution in [-0.2, 0) is 0 Å². The van der Waals surface area contributed by atoms with Crippen LogP contribution in [0.5, 0.6) is 0 Å². The third kappa shape index (κ3) is 5.07. The Balaban J connectivity index is 1.14. The summed E-state index contributed by atoms with van der Waals surface area (Å²) in [5, 5.41) is 5.24. The molecule has 0 aliphatic rings. The number of fused-ring (bicyclic) bond motifs is 7. The molecule has 10 rings (SSSR count). The van der Waals surface area contributed by atoms with Crippen molar-refractivity contribution in [3.63, 3.8) is 0 Å². The molecule has 3 heterocycles. The highest BCUT2D eigenvalue weighted by molar-refractivity contribution is 7.26. The number of hydrogen-bond acceptors (Lipinski definition) is 4. The molecule has 54 heavy (non-hydrogen) atoms. The van der Waals surface area contributed by atoms with Crippen molar-refractivity contribution in [2.45, 2.75) is 0 Å². The second-order valence-corrected chi connectivity index (χ2v) is 15.2. The molecule has 7 aromatic carbocycles. The lowest BCUT2D eigenvalue weighted by molar-refractivity contribution is 1.08. The molecule has 3 aromatic heterocycles. The van der Waals surface area contributed by atoms with Crippen LogP contribution in [0.4, 0.5) is 0 Å². The Morgan fingerprint density at radius 2 is 0.981 bits per heavy atom. The van der Waals surface area contributed by atoms with Crippen LogP contribution in [0.25, 0.3) is 93.0 Å². The number of nitrogens with zero attached hydrogens (tertiary/aromatic N) is 4. The molecule has 0 fully saturated rings. The summed E-state index contributed by atoms with van der Waals surface area (Å²) in [6, 6.07) is 51.6. The van der Waals surface area contributed by atoms with Crippen molar-refractivity contribution in [3.8, 4) is 51.0 Å². The molecule has 250 valence electrons. The zero-order chi connectivity index (χ0) is 36.5. The maximum atomic E-state index is 5.14. The van der Waals surface area contributed by atoms with E-state index in [-0.39, 0.29) is 0 Å². The molecular formula is C45H32B4N4S. The Kier molecular flexibility index (Phi) is 7.67. The van der Waals surface area contributed by atoms with Crippen LogP contribution >= 0.6 is 11.3 Å². The Labute approximate surface area is 321 Å². The quantitative estimate of drug-likeness (QED) is 0.236. The van der Waals surface area contributed by atoms with E-state index >= 15 is 0 Å². The van der Waals surface area contributed by atoms with Gasteiger partial charge >= 0.3 is 0 Å². The zero-order valence-corrected chi connectivity index (χ0v) is 31.4. The van der Waals surface area contributed by atoms with E-state index in [4.69, 9.17) is 15.0 Å². The molecule has 0 radical (unpaired) electrons. The molecule has 0 aliphatic carbocycles. The summed E-state index contributed by atoms with van der Waals surface area (Å²) in [6.07, 6.45) is 0. The van der Waals surface area contributed by atoms with Gasteiger partial charge in [-0.2, -0.15) is 0 Å². The van der Waals surface area contributed by atoms with E-state index in [2.05, 4.69) is 145 Å². The predicted octanol–water partition coefficient (Wildman–Crippen LogP) is 5.04. The fourth-order valence-electron chi connectivity index (χ4n) is 8.32. The van der Waals surface area contributed by atoms with Crippen molar-refractivity contribution in [1.82, 2.24) is 19.5 Å². The van der Waals surface area contributed by atoms with Gasteiger partial charge in [-0.1, -0.05) is 132 Å². The first kappa shape index (κ1) is 32.5. The average molecular weight is 704 g/mol. The van der Waals surface area contributed by atoms with Gasteiger partial charge < -0.3 is 4.57 Å². The van der Waals surface area contributed by atoms with E-state index in [1.165, 1.54) is 69.5 Å². The van der Waals surface area contributed by atoms with Gasteiger partial charge in [0.15, 0.2) is 17.5 Å². The summed E-state index contributed by atoms with van der Waals surface area (Å²) < 4.78 is 5.09. The Morgan fingerprint density at radius 1 is 0.407 bits per heavy atom. The molecule has 0 unspecified atom stereocenters. The summed E-state index contributed by atoms with van der Waals surface area (Å²) in [6.45, 7) is 0. The topological polar surface area (TPSA) is 43.6 Å². The Bertz CT molecular complexity index is 3030. The number of aromatic nitrogens is 4. The third-order valence-electron chi connectivity index (χ3n) is 11.1. The first-order valence-corrected chi connectivity index (χ1v) is 19.2. The van der Waals surface area contributed by atoms with Gasteiger partial charge in [0.1, 0.15) is 31.4 Å². The van der Waals surface area contributed by atoms with Gasteiger partial charge in [0.05, 0.1) is 11.0 Å². The zero-order valence-electron chi connectivity index (χ0n) is 30.6. The molecule has 0 aliphatic heterocycles. The van der Waals surface area contributed by atoms with Crippen LogP contribution in [0, 0.1) is 0 Å². The second-order valence-electron chi connectivity index (χ2n) is 14.1. The summed E-state index contributed by atoms with van der Waals surface area (Å²) in [4.78, 5) is 15.2. The van der Waals surface area contributed by atoms with Gasteiger partial charge in [-0.15, -0.1) is 16.8 Å². The minimum Gasteiger partial charge on any atom is -0.309 e. The van der Waals surface area contributed by atoms with Crippen molar-refractivity contribution in [2.24, 2.45) is 0 Å². The summed E-state index contributed by atoms with van der Waals surface area (Å²) in [5.41, 5.74) is 13.8. The van der Waals surface area contributed by atoms with E-state index in [0.29, 0.717) is 17.5 Å². The molecule has 0 N–H and O–H groups in total. The van der Waals surface area contributed by atoms with E-state index in [1.54, 1.807) is 0 Å². The van der Waals surface area contributed by atoms with Crippen LogP contribution < -0.4 is 21.9 Å². The van der Waals surface area contributed by atoms with Crippen LogP contribution in [0.1, 0.15) is 0 Å². The van der Waals surface area contributed by atoms with Gasteiger partial charge in [-0.05, 0) is 41.5 Å². The average Bonchev–Trinajstić information content (AvgIpc) is 3.77. The molecule has 10 aromatic rings. The lowest BCUT2D eigenvalue weighted by atomic mass is 9.63. The number of hydrogen-bond donors (Lipinski definition) is 0. The Hall–Kier alpha value is -6.17. The first-order valence-electron chi connectivity index (χ1n) is 18.4. The minimum atomic E-state index is 0.668. The molecule has 0 spiro atoms. The largest absolute Gasteiger partial charge is 0.309 e. The maximum absolute atomic E-state index is 5.14. The molecule has 0 saturated carbocycles. The van der Waals surface area contributed by atoms with Crippen LogP contribution in [0.3, 0.4) is 0 Å². The summed E-state index contributed by atoms with van der Waals surface area (Å²) in [5.74, 6) is 2.03. The molecule has 0 saturated heterocycles. The van der Waals surface area contributed by atoms with Gasteiger partial charge in [0.2, 0.25) is 0 Å². The fourth-order valence-corrected chi connectivity index (χ4v) is 9.58. The van der Waals surface area contributed by atoms with E-state index in [1.807, 2.05) is 47.7 Å². The number of benzene rings is 7. The van der Waals surface area contributed by atoms with Crippen molar-refractivity contribution >= 4 is 107 Å². The highest BCUT2D eigenvalue weighted by Gasteiger charge is 2.22.